The minimum absolute atomic E-state index is 0.141. The number of hydrogen-bond donors (Lipinski definition) is 2. The molecule has 0 aromatic carbocycles. The lowest BCUT2D eigenvalue weighted by molar-refractivity contribution is -0.00984. The van der Waals surface area contributed by atoms with Crippen LogP contribution in [0.15, 0.2) is 0 Å². The van der Waals surface area contributed by atoms with Crippen molar-refractivity contribution in [2.45, 2.75) is 19.4 Å². The largest absolute Gasteiger partial charge is 0.390 e. The first kappa shape index (κ1) is 12.8. The Morgan fingerprint density at radius 3 is 2.54 bits per heavy atom. The highest BCUT2D eigenvalue weighted by Crippen LogP contribution is 2.06. The first-order chi connectivity index (χ1) is 6.26. The average Bonchev–Trinajstić information content (AvgIpc) is 2.14. The second kappa shape index (κ2) is 8.44. The van der Waals surface area contributed by atoms with E-state index in [-0.39, 0.29) is 5.92 Å². The monoisotopic (exact) mass is 191 g/mol. The van der Waals surface area contributed by atoms with E-state index in [1.807, 2.05) is 6.92 Å². The van der Waals surface area contributed by atoms with E-state index in [0.29, 0.717) is 26.4 Å². The van der Waals surface area contributed by atoms with Gasteiger partial charge in [-0.2, -0.15) is 0 Å². The predicted octanol–water partition coefficient (Wildman–Crippen LogP) is -0.00480. The normalized spacial score (nSPS) is 15.7. The second-order valence-corrected chi connectivity index (χ2v) is 3.04. The molecule has 4 heteroatoms. The third kappa shape index (κ3) is 5.99. The van der Waals surface area contributed by atoms with E-state index in [0.717, 1.165) is 6.42 Å². The number of aliphatic hydroxyl groups is 1. The lowest BCUT2D eigenvalue weighted by Crippen LogP contribution is -2.31. The quantitative estimate of drug-likeness (QED) is 0.530. The van der Waals surface area contributed by atoms with Crippen LogP contribution >= 0.6 is 0 Å². The van der Waals surface area contributed by atoms with Crippen molar-refractivity contribution in [1.29, 1.82) is 0 Å². The zero-order valence-corrected chi connectivity index (χ0v) is 8.53. The topological polar surface area (TPSA) is 64.7 Å². The number of methoxy groups -OCH3 is 1. The van der Waals surface area contributed by atoms with Crippen LogP contribution in [0.5, 0.6) is 0 Å². The van der Waals surface area contributed by atoms with Crippen LogP contribution in [0.1, 0.15) is 13.3 Å². The standard InChI is InChI=1S/C9H21NO3/c1-3-8(6-10)9(11)7-13-5-4-12-2/h8-9,11H,3-7,10H2,1-2H3. The van der Waals surface area contributed by atoms with Crippen LogP contribution in [0.2, 0.25) is 0 Å². The third-order valence-corrected chi connectivity index (χ3v) is 2.09. The highest BCUT2D eigenvalue weighted by Gasteiger charge is 2.15. The minimum atomic E-state index is -0.452. The van der Waals surface area contributed by atoms with Crippen molar-refractivity contribution in [3.8, 4) is 0 Å². The maximum atomic E-state index is 9.56. The van der Waals surface area contributed by atoms with Gasteiger partial charge in [-0.3, -0.25) is 0 Å². The third-order valence-electron chi connectivity index (χ3n) is 2.09. The van der Waals surface area contributed by atoms with Crippen LogP contribution in [0.25, 0.3) is 0 Å². The predicted molar refractivity (Wildman–Crippen MR) is 51.5 cm³/mol. The van der Waals surface area contributed by atoms with E-state index in [9.17, 15) is 5.11 Å². The van der Waals surface area contributed by atoms with Crippen molar-refractivity contribution in [2.24, 2.45) is 11.7 Å². The molecule has 0 saturated heterocycles. The summed E-state index contributed by atoms with van der Waals surface area (Å²) in [6.45, 7) is 3.95. The molecule has 0 aliphatic heterocycles. The molecular formula is C9H21NO3. The van der Waals surface area contributed by atoms with Crippen molar-refractivity contribution in [3.63, 3.8) is 0 Å². The molecule has 0 spiro atoms. The number of ether oxygens (including phenoxy) is 2. The summed E-state index contributed by atoms with van der Waals surface area (Å²) in [4.78, 5) is 0. The smallest absolute Gasteiger partial charge is 0.0813 e. The Bertz CT molecular complexity index is 107. The van der Waals surface area contributed by atoms with Crippen LogP contribution < -0.4 is 5.73 Å². The van der Waals surface area contributed by atoms with E-state index in [1.165, 1.54) is 0 Å². The Labute approximate surface area is 80.0 Å². The molecule has 0 amide bonds. The highest BCUT2D eigenvalue weighted by molar-refractivity contribution is 4.67. The fraction of sp³-hybridized carbons (Fsp3) is 1.00. The van der Waals surface area contributed by atoms with Gasteiger partial charge in [0.15, 0.2) is 0 Å². The number of hydrogen-bond acceptors (Lipinski definition) is 4. The Morgan fingerprint density at radius 2 is 2.08 bits per heavy atom. The molecule has 2 unspecified atom stereocenters. The Morgan fingerprint density at radius 1 is 1.38 bits per heavy atom. The highest BCUT2D eigenvalue weighted by atomic mass is 16.5. The van der Waals surface area contributed by atoms with Gasteiger partial charge in [-0.1, -0.05) is 6.92 Å². The van der Waals surface area contributed by atoms with Crippen LogP contribution in [0, 0.1) is 5.92 Å². The van der Waals surface area contributed by atoms with Crippen molar-refractivity contribution in [2.75, 3.05) is 33.5 Å². The number of nitrogens with two attached hydrogens (primary N) is 1. The van der Waals surface area contributed by atoms with Gasteiger partial charge in [-0.15, -0.1) is 0 Å². The van der Waals surface area contributed by atoms with E-state index < -0.39 is 6.10 Å². The molecule has 0 rings (SSSR count). The van der Waals surface area contributed by atoms with Gasteiger partial charge in [0.25, 0.3) is 0 Å². The van der Waals surface area contributed by atoms with Crippen molar-refractivity contribution >= 4 is 0 Å². The molecule has 0 aliphatic rings. The second-order valence-electron chi connectivity index (χ2n) is 3.04. The zero-order chi connectivity index (χ0) is 10.1. The molecule has 0 aliphatic carbocycles. The van der Waals surface area contributed by atoms with Gasteiger partial charge < -0.3 is 20.3 Å². The average molecular weight is 191 g/mol. The van der Waals surface area contributed by atoms with Gasteiger partial charge in [0.2, 0.25) is 0 Å². The van der Waals surface area contributed by atoms with Gasteiger partial charge >= 0.3 is 0 Å². The molecule has 0 aromatic rings. The van der Waals surface area contributed by atoms with Gasteiger partial charge in [0.1, 0.15) is 0 Å². The summed E-state index contributed by atoms with van der Waals surface area (Å²) in [5.41, 5.74) is 5.47. The van der Waals surface area contributed by atoms with Gasteiger partial charge in [0.05, 0.1) is 25.9 Å². The van der Waals surface area contributed by atoms with Gasteiger partial charge in [0, 0.05) is 7.11 Å². The van der Waals surface area contributed by atoms with Crippen LogP contribution in [0.3, 0.4) is 0 Å². The van der Waals surface area contributed by atoms with Crippen LogP contribution in [0.4, 0.5) is 0 Å². The zero-order valence-electron chi connectivity index (χ0n) is 8.53. The van der Waals surface area contributed by atoms with E-state index in [4.69, 9.17) is 15.2 Å². The summed E-state index contributed by atoms with van der Waals surface area (Å²) in [5.74, 6) is 0.141. The molecule has 2 atom stereocenters. The maximum absolute atomic E-state index is 9.56. The molecule has 0 radical (unpaired) electrons. The summed E-state index contributed by atoms with van der Waals surface area (Å²) >= 11 is 0. The molecule has 0 saturated carbocycles. The molecule has 3 N–H and O–H groups in total. The van der Waals surface area contributed by atoms with Gasteiger partial charge in [-0.25, -0.2) is 0 Å². The van der Waals surface area contributed by atoms with E-state index in [2.05, 4.69) is 0 Å². The van der Waals surface area contributed by atoms with Crippen LogP contribution in [-0.2, 0) is 9.47 Å². The van der Waals surface area contributed by atoms with E-state index >= 15 is 0 Å². The summed E-state index contributed by atoms with van der Waals surface area (Å²) in [6, 6.07) is 0. The van der Waals surface area contributed by atoms with Crippen LogP contribution in [-0.4, -0.2) is 44.7 Å². The summed E-state index contributed by atoms with van der Waals surface area (Å²) in [7, 11) is 1.62. The molecule has 0 fully saturated rings. The van der Waals surface area contributed by atoms with E-state index in [1.54, 1.807) is 7.11 Å². The molecule has 0 heterocycles. The molecule has 0 bridgehead atoms. The molecule has 4 nitrogen and oxygen atoms in total. The summed E-state index contributed by atoms with van der Waals surface area (Å²) in [5, 5.41) is 9.56. The maximum Gasteiger partial charge on any atom is 0.0813 e. The Kier molecular flexibility index (Phi) is 8.33. The lowest BCUT2D eigenvalue weighted by Gasteiger charge is -2.19. The number of rotatable bonds is 8. The Hall–Kier alpha value is -0.160. The lowest BCUT2D eigenvalue weighted by atomic mass is 10.0. The SMILES string of the molecule is CCC(CN)C(O)COCCOC. The summed E-state index contributed by atoms with van der Waals surface area (Å²) < 4.78 is 10.00. The van der Waals surface area contributed by atoms with Crippen molar-refractivity contribution < 1.29 is 14.6 Å². The van der Waals surface area contributed by atoms with Crippen molar-refractivity contribution in [3.05, 3.63) is 0 Å². The first-order valence-electron chi connectivity index (χ1n) is 4.71. The molecular weight excluding hydrogens is 170 g/mol. The minimum Gasteiger partial charge on any atom is -0.390 e. The molecule has 0 aromatic heterocycles. The molecule has 80 valence electrons. The van der Waals surface area contributed by atoms with Crippen molar-refractivity contribution in [1.82, 2.24) is 0 Å². The molecule has 13 heavy (non-hydrogen) atoms. The summed E-state index contributed by atoms with van der Waals surface area (Å²) in [6.07, 6.45) is 0.428. The fourth-order valence-corrected chi connectivity index (χ4v) is 1.08. The number of aliphatic hydroxyl groups excluding tert-OH is 1. The first-order valence-corrected chi connectivity index (χ1v) is 4.71. The van der Waals surface area contributed by atoms with Gasteiger partial charge in [-0.05, 0) is 18.9 Å². The fourth-order valence-electron chi connectivity index (χ4n) is 1.08. The Balaban J connectivity index is 3.42.